The van der Waals surface area contributed by atoms with Crippen molar-refractivity contribution in [3.63, 3.8) is 0 Å². The molecule has 0 saturated heterocycles. The highest BCUT2D eigenvalue weighted by Crippen LogP contribution is 2.19. The molecule has 1 aliphatic rings. The number of carbonyl (C=O) groups excluding carboxylic acids is 2. The van der Waals surface area contributed by atoms with Crippen molar-refractivity contribution in [2.75, 3.05) is 0 Å². The zero-order chi connectivity index (χ0) is 20.8. The van der Waals surface area contributed by atoms with E-state index in [2.05, 4.69) is 35.6 Å². The Balaban J connectivity index is 1.33. The van der Waals surface area contributed by atoms with Crippen molar-refractivity contribution in [3.8, 4) is 11.5 Å². The molecule has 9 heteroatoms. The van der Waals surface area contributed by atoms with Crippen LogP contribution in [0.4, 0.5) is 0 Å². The molecule has 0 radical (unpaired) electrons. The standard InChI is InChI=1S/C21H21N7O2/c29-20(14-11-25-19(26-12-14)17-6-1-2-7-23-17)27-15-4-3-5-16(10-15)28-21(30)18-13-22-8-9-24-18/h1-2,6-9,11-13,15-16H,3-5,10H2,(H,27,29)(H,28,30)/t15-,16-/m1/s1. The molecule has 1 saturated carbocycles. The minimum absolute atomic E-state index is 0.0265. The van der Waals surface area contributed by atoms with E-state index in [0.29, 0.717) is 23.5 Å². The van der Waals surface area contributed by atoms with Crippen LogP contribution >= 0.6 is 0 Å². The van der Waals surface area contributed by atoms with E-state index in [9.17, 15) is 9.59 Å². The monoisotopic (exact) mass is 403 g/mol. The van der Waals surface area contributed by atoms with E-state index >= 15 is 0 Å². The lowest BCUT2D eigenvalue weighted by atomic mass is 9.90. The molecule has 9 nitrogen and oxygen atoms in total. The van der Waals surface area contributed by atoms with Crippen molar-refractivity contribution in [1.82, 2.24) is 35.6 Å². The number of pyridine rings is 1. The molecule has 3 aromatic heterocycles. The van der Waals surface area contributed by atoms with Crippen molar-refractivity contribution < 1.29 is 9.59 Å². The number of nitrogens with zero attached hydrogens (tertiary/aromatic N) is 5. The Labute approximate surface area is 173 Å². The first kappa shape index (κ1) is 19.6. The van der Waals surface area contributed by atoms with E-state index in [-0.39, 0.29) is 29.6 Å². The molecular formula is C21H21N7O2. The predicted octanol–water partition coefficient (Wildman–Crippen LogP) is 1.80. The van der Waals surface area contributed by atoms with Crippen LogP contribution < -0.4 is 10.6 Å². The Hall–Kier alpha value is -3.75. The van der Waals surface area contributed by atoms with E-state index < -0.39 is 0 Å². The summed E-state index contributed by atoms with van der Waals surface area (Å²) in [6.07, 6.45) is 12.4. The van der Waals surface area contributed by atoms with Crippen LogP contribution in [0.25, 0.3) is 11.5 Å². The van der Waals surface area contributed by atoms with Crippen molar-refractivity contribution in [1.29, 1.82) is 0 Å². The molecule has 4 rings (SSSR count). The van der Waals surface area contributed by atoms with Gasteiger partial charge in [0, 0.05) is 43.1 Å². The van der Waals surface area contributed by atoms with E-state index in [1.54, 1.807) is 6.20 Å². The molecule has 0 bridgehead atoms. The Morgan fingerprint density at radius 1 is 0.833 bits per heavy atom. The Bertz CT molecular complexity index is 997. The van der Waals surface area contributed by atoms with Crippen LogP contribution in [-0.2, 0) is 0 Å². The van der Waals surface area contributed by atoms with Crippen LogP contribution in [0.5, 0.6) is 0 Å². The largest absolute Gasteiger partial charge is 0.349 e. The van der Waals surface area contributed by atoms with Crippen LogP contribution in [0.1, 0.15) is 46.5 Å². The highest BCUT2D eigenvalue weighted by Gasteiger charge is 2.25. The van der Waals surface area contributed by atoms with Gasteiger partial charge >= 0.3 is 0 Å². The van der Waals surface area contributed by atoms with Crippen LogP contribution in [0.3, 0.4) is 0 Å². The van der Waals surface area contributed by atoms with Gasteiger partial charge in [0.15, 0.2) is 5.82 Å². The number of aromatic nitrogens is 5. The Morgan fingerprint density at radius 2 is 1.60 bits per heavy atom. The lowest BCUT2D eigenvalue weighted by Gasteiger charge is -2.30. The quantitative estimate of drug-likeness (QED) is 0.666. The molecule has 2 N–H and O–H groups in total. The number of carbonyl (C=O) groups is 2. The lowest BCUT2D eigenvalue weighted by molar-refractivity contribution is 0.0899. The fourth-order valence-corrected chi connectivity index (χ4v) is 3.47. The maximum atomic E-state index is 12.6. The first-order valence-corrected chi connectivity index (χ1v) is 9.80. The molecule has 1 fully saturated rings. The van der Waals surface area contributed by atoms with Gasteiger partial charge in [0.1, 0.15) is 11.4 Å². The second-order valence-electron chi connectivity index (χ2n) is 7.11. The molecule has 0 aliphatic heterocycles. The van der Waals surface area contributed by atoms with Gasteiger partial charge in [-0.2, -0.15) is 0 Å². The smallest absolute Gasteiger partial charge is 0.271 e. The summed E-state index contributed by atoms with van der Waals surface area (Å²) in [4.78, 5) is 45.5. The van der Waals surface area contributed by atoms with Crippen LogP contribution in [0.15, 0.2) is 55.4 Å². The summed E-state index contributed by atoms with van der Waals surface area (Å²) in [5.41, 5.74) is 1.33. The van der Waals surface area contributed by atoms with Gasteiger partial charge in [0.25, 0.3) is 11.8 Å². The Morgan fingerprint density at radius 3 is 2.27 bits per heavy atom. The molecule has 2 amide bonds. The predicted molar refractivity (Wildman–Crippen MR) is 108 cm³/mol. The second kappa shape index (κ2) is 9.17. The van der Waals surface area contributed by atoms with Gasteiger partial charge < -0.3 is 10.6 Å². The third-order valence-corrected chi connectivity index (χ3v) is 4.95. The van der Waals surface area contributed by atoms with Crippen molar-refractivity contribution in [3.05, 3.63) is 66.6 Å². The minimum Gasteiger partial charge on any atom is -0.349 e. The van der Waals surface area contributed by atoms with Gasteiger partial charge in [-0.1, -0.05) is 6.07 Å². The molecule has 3 aromatic rings. The van der Waals surface area contributed by atoms with Gasteiger partial charge in [-0.3, -0.25) is 19.6 Å². The topological polar surface area (TPSA) is 123 Å². The SMILES string of the molecule is O=C(N[C@@H]1CCC[C@@H](NC(=O)c2cnccn2)C1)c1cnc(-c2ccccn2)nc1. The zero-order valence-corrected chi connectivity index (χ0v) is 16.2. The summed E-state index contributed by atoms with van der Waals surface area (Å²) in [5, 5.41) is 6.00. The average molecular weight is 403 g/mol. The number of amides is 2. The number of hydrogen-bond acceptors (Lipinski definition) is 7. The third kappa shape index (κ3) is 4.80. The van der Waals surface area contributed by atoms with E-state index in [1.807, 2.05) is 18.2 Å². The van der Waals surface area contributed by atoms with Crippen LogP contribution in [-0.4, -0.2) is 48.8 Å². The summed E-state index contributed by atoms with van der Waals surface area (Å²) in [7, 11) is 0. The number of rotatable bonds is 5. The second-order valence-corrected chi connectivity index (χ2v) is 7.11. The first-order chi connectivity index (χ1) is 14.7. The van der Waals surface area contributed by atoms with Gasteiger partial charge in [-0.25, -0.2) is 15.0 Å². The van der Waals surface area contributed by atoms with Crippen LogP contribution in [0.2, 0.25) is 0 Å². The van der Waals surface area contributed by atoms with Crippen molar-refractivity contribution in [2.24, 2.45) is 0 Å². The lowest BCUT2D eigenvalue weighted by Crippen LogP contribution is -2.46. The van der Waals surface area contributed by atoms with Crippen molar-refractivity contribution in [2.45, 2.75) is 37.8 Å². The fraction of sp³-hybridized carbons (Fsp3) is 0.286. The van der Waals surface area contributed by atoms with Gasteiger partial charge in [-0.15, -0.1) is 0 Å². The van der Waals surface area contributed by atoms with Gasteiger partial charge in [0.05, 0.1) is 11.8 Å². The molecule has 152 valence electrons. The maximum Gasteiger partial charge on any atom is 0.271 e. The maximum absolute atomic E-state index is 12.6. The van der Waals surface area contributed by atoms with Crippen molar-refractivity contribution >= 4 is 11.8 Å². The summed E-state index contributed by atoms with van der Waals surface area (Å²) >= 11 is 0. The molecular weight excluding hydrogens is 382 g/mol. The highest BCUT2D eigenvalue weighted by atomic mass is 16.2. The molecule has 2 atom stereocenters. The molecule has 30 heavy (non-hydrogen) atoms. The normalized spacial score (nSPS) is 18.4. The molecule has 3 heterocycles. The Kier molecular flexibility index (Phi) is 5.98. The zero-order valence-electron chi connectivity index (χ0n) is 16.2. The van der Waals surface area contributed by atoms with Gasteiger partial charge in [-0.05, 0) is 37.8 Å². The van der Waals surface area contributed by atoms with E-state index in [0.717, 1.165) is 19.3 Å². The average Bonchev–Trinajstić information content (AvgIpc) is 2.80. The molecule has 0 spiro atoms. The third-order valence-electron chi connectivity index (χ3n) is 4.95. The molecule has 1 aliphatic carbocycles. The number of hydrogen-bond donors (Lipinski definition) is 2. The molecule has 0 aromatic carbocycles. The molecule has 0 unspecified atom stereocenters. The minimum atomic E-state index is -0.251. The first-order valence-electron chi connectivity index (χ1n) is 9.80. The fourth-order valence-electron chi connectivity index (χ4n) is 3.47. The summed E-state index contributed by atoms with van der Waals surface area (Å²) in [6, 6.07) is 5.43. The van der Waals surface area contributed by atoms with E-state index in [1.165, 1.54) is 31.0 Å². The summed E-state index contributed by atoms with van der Waals surface area (Å²) in [6.45, 7) is 0. The highest BCUT2D eigenvalue weighted by molar-refractivity contribution is 5.94. The summed E-state index contributed by atoms with van der Waals surface area (Å²) < 4.78 is 0. The van der Waals surface area contributed by atoms with Gasteiger partial charge in [0.2, 0.25) is 0 Å². The summed E-state index contributed by atoms with van der Waals surface area (Å²) in [5.74, 6) is -0.0105. The number of nitrogens with one attached hydrogen (secondary N) is 2. The van der Waals surface area contributed by atoms with Crippen LogP contribution in [0, 0.1) is 0 Å². The van der Waals surface area contributed by atoms with E-state index in [4.69, 9.17) is 0 Å².